The number of aldehydes is 2. The third-order valence-electron chi connectivity index (χ3n) is 7.34. The second kappa shape index (κ2) is 13.7. The highest BCUT2D eigenvalue weighted by molar-refractivity contribution is 6.16. The predicted octanol–water partition coefficient (Wildman–Crippen LogP) is 1.48. The van der Waals surface area contributed by atoms with Crippen molar-refractivity contribution in [2.24, 2.45) is 0 Å². The topological polar surface area (TPSA) is 131 Å². The van der Waals surface area contributed by atoms with Crippen LogP contribution in [-0.2, 0) is 33.0 Å². The average Bonchev–Trinajstić information content (AvgIpc) is 2.94. The Morgan fingerprint density at radius 3 is 2.51 bits per heavy atom. The van der Waals surface area contributed by atoms with Crippen molar-refractivity contribution in [2.45, 2.75) is 63.3 Å². The van der Waals surface area contributed by atoms with Gasteiger partial charge >= 0.3 is 0 Å². The lowest BCUT2D eigenvalue weighted by Crippen LogP contribution is -2.64. The van der Waals surface area contributed by atoms with Crippen molar-refractivity contribution in [1.82, 2.24) is 15.1 Å². The molecule has 3 rings (SSSR count). The summed E-state index contributed by atoms with van der Waals surface area (Å²) in [6.07, 6.45) is 0.599. The Labute approximate surface area is 241 Å². The molecule has 220 valence electrons. The molecule has 10 nitrogen and oxygen atoms in total. The maximum absolute atomic E-state index is 14.9. The van der Waals surface area contributed by atoms with Crippen LogP contribution < -0.4 is 10.6 Å². The summed E-state index contributed by atoms with van der Waals surface area (Å²) in [6.45, 7) is 6.14. The van der Waals surface area contributed by atoms with E-state index in [4.69, 9.17) is 12.6 Å². The maximum Gasteiger partial charge on any atom is 0.267 e. The van der Waals surface area contributed by atoms with Crippen molar-refractivity contribution in [1.29, 1.82) is 0 Å². The molecule has 1 amide bonds. The molecule has 0 aliphatic carbocycles. The van der Waals surface area contributed by atoms with Gasteiger partial charge in [-0.1, -0.05) is 18.2 Å². The molecule has 41 heavy (non-hydrogen) atoms. The number of nitrogens with one attached hydrogen (secondary N) is 2. The number of hydrogen-bond acceptors (Lipinski definition) is 9. The lowest BCUT2D eigenvalue weighted by molar-refractivity contribution is -0.198. The third-order valence-corrected chi connectivity index (χ3v) is 7.34. The van der Waals surface area contributed by atoms with E-state index in [0.717, 1.165) is 23.6 Å². The maximum atomic E-state index is 14.9. The van der Waals surface area contributed by atoms with Gasteiger partial charge < -0.3 is 30.4 Å². The average molecular weight is 568 g/mol. The molecule has 4 atom stereocenters. The Morgan fingerprint density at radius 1 is 1.22 bits per heavy atom. The second-order valence-corrected chi connectivity index (χ2v) is 10.5. The Morgan fingerprint density at radius 2 is 1.90 bits per heavy atom. The number of likely N-dealkylation sites (N-methyl/N-ethyl adjacent to an activating group) is 2. The largest absolute Gasteiger partial charge is 0.381 e. The van der Waals surface area contributed by atoms with Gasteiger partial charge in [0.2, 0.25) is 5.72 Å². The molecule has 4 unspecified atom stereocenters. The van der Waals surface area contributed by atoms with Crippen LogP contribution in [0.25, 0.3) is 0 Å². The van der Waals surface area contributed by atoms with Gasteiger partial charge in [-0.25, -0.2) is 9.29 Å². The summed E-state index contributed by atoms with van der Waals surface area (Å²) in [4.78, 5) is 38.7. The Kier molecular flexibility index (Phi) is 10.8. The normalized spacial score (nSPS) is 20.6. The van der Waals surface area contributed by atoms with E-state index >= 15 is 0 Å². The van der Waals surface area contributed by atoms with Crippen molar-refractivity contribution < 1.29 is 33.7 Å². The zero-order valence-electron chi connectivity index (χ0n) is 23.9. The summed E-state index contributed by atoms with van der Waals surface area (Å²) in [7, 11) is 8.80. The van der Waals surface area contributed by atoms with E-state index in [0.29, 0.717) is 24.7 Å². The molecular weight excluding hydrogens is 530 g/mol. The first kappa shape index (κ1) is 32.4. The number of hydrogen-bond donors (Lipinski definition) is 4. The minimum atomic E-state index is -2.58. The zero-order valence-corrected chi connectivity index (χ0v) is 23.9. The van der Waals surface area contributed by atoms with E-state index in [1.165, 1.54) is 32.3 Å². The number of amides is 1. The van der Waals surface area contributed by atoms with Crippen LogP contribution in [0, 0.1) is 5.82 Å². The first-order valence-corrected chi connectivity index (χ1v) is 13.5. The van der Waals surface area contributed by atoms with Crippen LogP contribution in [-0.4, -0.2) is 91.5 Å². The van der Waals surface area contributed by atoms with Crippen molar-refractivity contribution in [2.75, 3.05) is 32.5 Å². The molecule has 2 aromatic carbocycles. The molecule has 1 heterocycles. The molecule has 12 heteroatoms. The van der Waals surface area contributed by atoms with E-state index in [2.05, 4.69) is 15.5 Å². The molecule has 2 radical (unpaired) electrons. The summed E-state index contributed by atoms with van der Waals surface area (Å²) < 4.78 is 20.7. The highest BCUT2D eigenvalue weighted by Crippen LogP contribution is 2.36. The first-order chi connectivity index (χ1) is 19.4. The van der Waals surface area contributed by atoms with Crippen LogP contribution in [0.2, 0.25) is 0 Å². The number of halogens is 1. The Hall–Kier alpha value is -3.16. The van der Waals surface area contributed by atoms with Crippen molar-refractivity contribution in [3.63, 3.8) is 0 Å². The molecule has 0 saturated carbocycles. The van der Waals surface area contributed by atoms with Crippen molar-refractivity contribution in [3.8, 4) is 0 Å². The molecule has 0 bridgehead atoms. The first-order valence-electron chi connectivity index (χ1n) is 13.5. The summed E-state index contributed by atoms with van der Waals surface area (Å²) in [5.74, 6) is -1.35. The molecule has 1 fully saturated rings. The number of rotatable bonds is 13. The van der Waals surface area contributed by atoms with E-state index in [1.54, 1.807) is 18.2 Å². The lowest BCUT2D eigenvalue weighted by atomic mass is 9.77. The monoisotopic (exact) mass is 568 g/mol. The van der Waals surface area contributed by atoms with E-state index in [-0.39, 0.29) is 48.4 Å². The molecule has 0 aromatic heterocycles. The quantitative estimate of drug-likeness (QED) is 0.161. The summed E-state index contributed by atoms with van der Waals surface area (Å²) >= 11 is 0. The van der Waals surface area contributed by atoms with Gasteiger partial charge in [-0.3, -0.25) is 14.5 Å². The number of benzene rings is 2. The van der Waals surface area contributed by atoms with Crippen molar-refractivity contribution in [3.05, 3.63) is 64.5 Å². The molecule has 4 N–H and O–H groups in total. The number of morpholine rings is 1. The van der Waals surface area contributed by atoms with Crippen LogP contribution in [0.3, 0.4) is 0 Å². The summed E-state index contributed by atoms with van der Waals surface area (Å²) in [5, 5.41) is 28.1. The van der Waals surface area contributed by atoms with Crippen LogP contribution in [0.4, 0.5) is 10.1 Å². The van der Waals surface area contributed by atoms with Crippen molar-refractivity contribution >= 4 is 32.0 Å². The number of anilines is 1. The number of nitrogens with zero attached hydrogens (tertiary/aromatic N) is 2. The van der Waals surface area contributed by atoms with Gasteiger partial charge in [0.05, 0.1) is 12.2 Å². The number of aliphatic hydroxyl groups is 2. The smallest absolute Gasteiger partial charge is 0.267 e. The van der Waals surface area contributed by atoms with Gasteiger partial charge in [-0.2, -0.15) is 0 Å². The fourth-order valence-corrected chi connectivity index (χ4v) is 5.29. The fraction of sp³-hybridized carbons (Fsp3) is 0.483. The SMILES string of the molecule is [B]C(O)(c1c(C=O)cccc1NCc1cc(CN2CC(C)OC(C)C2)ccc1F)N(C)C(O)(CCC=O)C(=O)NC. The minimum Gasteiger partial charge on any atom is -0.381 e. The molecule has 1 aliphatic rings. The van der Waals surface area contributed by atoms with Crippen LogP contribution in [0.1, 0.15) is 53.7 Å². The van der Waals surface area contributed by atoms with Gasteiger partial charge in [0.1, 0.15) is 25.6 Å². The fourth-order valence-electron chi connectivity index (χ4n) is 5.29. The van der Waals surface area contributed by atoms with Gasteiger partial charge in [0, 0.05) is 68.4 Å². The molecule has 1 aliphatic heterocycles. The van der Waals surface area contributed by atoms with Gasteiger partial charge in [-0.15, -0.1) is 0 Å². The Bertz CT molecular complexity index is 1240. The predicted molar refractivity (Wildman–Crippen MR) is 153 cm³/mol. The van der Waals surface area contributed by atoms with E-state index in [1.807, 2.05) is 13.8 Å². The second-order valence-electron chi connectivity index (χ2n) is 10.5. The lowest BCUT2D eigenvalue weighted by Gasteiger charge is -2.45. The minimum absolute atomic E-state index is 0.0183. The van der Waals surface area contributed by atoms with Gasteiger partial charge in [-0.05, 0) is 44.7 Å². The number of carbonyl (C=O) groups excluding carboxylic acids is 3. The van der Waals surface area contributed by atoms with Gasteiger partial charge in [0.15, 0.2) is 6.29 Å². The number of carbonyl (C=O) groups is 3. The highest BCUT2D eigenvalue weighted by atomic mass is 19.1. The van der Waals surface area contributed by atoms with E-state index < -0.39 is 23.1 Å². The van der Waals surface area contributed by atoms with E-state index in [9.17, 15) is 29.0 Å². The zero-order chi connectivity index (χ0) is 30.4. The Balaban J connectivity index is 1.91. The molecular formula is C29H38BFN4O6. The molecule has 0 spiro atoms. The van der Waals surface area contributed by atoms with Gasteiger partial charge in [0.25, 0.3) is 5.91 Å². The standard InChI is InChI=1S/C29H38BFN4O6/c1-19-15-35(16-20(2)41-19)17-21-9-10-24(31)23(13-21)14-33-25-8-5-7-22(18-37)26(25)29(30,40)34(4)28(39,11-6-12-36)27(38)32-3/h5,7-10,12-13,18-20,33,39-40H,6,11,14-17H2,1-4H3,(H,32,38). The van der Waals surface area contributed by atoms with Crippen LogP contribution >= 0.6 is 0 Å². The molecule has 2 aromatic rings. The van der Waals surface area contributed by atoms with Crippen LogP contribution in [0.15, 0.2) is 36.4 Å². The summed E-state index contributed by atoms with van der Waals surface area (Å²) in [6, 6.07) is 9.38. The highest BCUT2D eigenvalue weighted by Gasteiger charge is 2.48. The third kappa shape index (κ3) is 7.38. The summed E-state index contributed by atoms with van der Waals surface area (Å²) in [5.41, 5.74) is -3.70. The number of ether oxygens (including phenoxy) is 1. The van der Waals surface area contributed by atoms with Crippen LogP contribution in [0.5, 0.6) is 0 Å². The molecule has 1 saturated heterocycles.